The molecular weight excluding hydrogens is 390 g/mol. The van der Waals surface area contributed by atoms with Crippen molar-refractivity contribution in [3.8, 4) is 0 Å². The fourth-order valence-electron chi connectivity index (χ4n) is 2.62. The number of morpholine rings is 1. The molecule has 1 amide bonds. The Labute approximate surface area is 161 Å². The number of hydrogen-bond acceptors (Lipinski definition) is 4. The molecule has 1 N–H and O–H groups in total. The van der Waals surface area contributed by atoms with E-state index in [2.05, 4.69) is 5.32 Å². The van der Waals surface area contributed by atoms with Crippen LogP contribution in [0.5, 0.6) is 0 Å². The first-order valence-corrected chi connectivity index (χ1v) is 9.92. The average Bonchev–Trinajstić information content (AvgIpc) is 2.69. The molecular formula is C19H18F2N2O4S. The van der Waals surface area contributed by atoms with Gasteiger partial charge in [0.15, 0.2) is 0 Å². The Morgan fingerprint density at radius 2 is 1.75 bits per heavy atom. The number of nitrogens with zero attached hydrogens (tertiary/aromatic N) is 1. The highest BCUT2D eigenvalue weighted by molar-refractivity contribution is 7.89. The Hall–Kier alpha value is -2.62. The van der Waals surface area contributed by atoms with Gasteiger partial charge in [-0.15, -0.1) is 0 Å². The normalized spacial score (nSPS) is 15.6. The third-order valence-electron chi connectivity index (χ3n) is 4.10. The van der Waals surface area contributed by atoms with Gasteiger partial charge in [-0.2, -0.15) is 4.31 Å². The first-order chi connectivity index (χ1) is 13.4. The van der Waals surface area contributed by atoms with Crippen LogP contribution in [-0.2, 0) is 19.6 Å². The maximum absolute atomic E-state index is 13.5. The van der Waals surface area contributed by atoms with E-state index in [9.17, 15) is 22.0 Å². The van der Waals surface area contributed by atoms with Crippen molar-refractivity contribution in [2.75, 3.05) is 31.6 Å². The van der Waals surface area contributed by atoms with E-state index in [1.54, 1.807) is 12.1 Å². The molecule has 0 aliphatic carbocycles. The van der Waals surface area contributed by atoms with Gasteiger partial charge in [-0.25, -0.2) is 17.2 Å². The summed E-state index contributed by atoms with van der Waals surface area (Å²) in [7, 11) is -3.58. The molecule has 0 atom stereocenters. The summed E-state index contributed by atoms with van der Waals surface area (Å²) >= 11 is 0. The number of hydrogen-bond donors (Lipinski definition) is 1. The maximum atomic E-state index is 13.5. The lowest BCUT2D eigenvalue weighted by molar-refractivity contribution is -0.111. The second-order valence-electron chi connectivity index (χ2n) is 6.03. The standard InChI is InChI=1S/C19H18F2N2O4S/c20-15-4-7-18(17(21)13-15)22-19(24)8-3-14-1-5-16(6-2-14)28(25,26)23-9-11-27-12-10-23/h1-8,13H,9-12H2,(H,22,24)/b8-3+. The van der Waals surface area contributed by atoms with Gasteiger partial charge in [0.05, 0.1) is 23.8 Å². The summed E-state index contributed by atoms with van der Waals surface area (Å²) in [5.41, 5.74) is 0.457. The third kappa shape index (κ3) is 4.80. The van der Waals surface area contributed by atoms with Crippen LogP contribution in [0.2, 0.25) is 0 Å². The molecule has 1 heterocycles. The van der Waals surface area contributed by atoms with E-state index in [-0.39, 0.29) is 10.6 Å². The molecule has 0 bridgehead atoms. The van der Waals surface area contributed by atoms with Gasteiger partial charge in [0.25, 0.3) is 0 Å². The number of halogens is 2. The van der Waals surface area contributed by atoms with Crippen molar-refractivity contribution in [1.82, 2.24) is 4.31 Å². The molecule has 9 heteroatoms. The molecule has 1 aliphatic heterocycles. The van der Waals surface area contributed by atoms with Crippen LogP contribution < -0.4 is 5.32 Å². The SMILES string of the molecule is O=C(/C=C/c1ccc(S(=O)(=O)N2CCOCC2)cc1)Nc1ccc(F)cc1F. The smallest absolute Gasteiger partial charge is 0.248 e. The molecule has 1 aliphatic rings. The van der Waals surface area contributed by atoms with Gasteiger partial charge in [0, 0.05) is 25.2 Å². The highest BCUT2D eigenvalue weighted by Crippen LogP contribution is 2.18. The van der Waals surface area contributed by atoms with Gasteiger partial charge < -0.3 is 10.1 Å². The zero-order valence-corrected chi connectivity index (χ0v) is 15.6. The molecule has 1 fully saturated rings. The highest BCUT2D eigenvalue weighted by atomic mass is 32.2. The summed E-state index contributed by atoms with van der Waals surface area (Å²) in [5.74, 6) is -2.21. The number of nitrogens with one attached hydrogen (secondary N) is 1. The average molecular weight is 408 g/mol. The van der Waals surface area contributed by atoms with Crippen molar-refractivity contribution >= 4 is 27.7 Å². The Bertz CT molecular complexity index is 985. The van der Waals surface area contributed by atoms with E-state index < -0.39 is 27.6 Å². The number of rotatable bonds is 5. The largest absolute Gasteiger partial charge is 0.379 e. The summed E-state index contributed by atoms with van der Waals surface area (Å²) in [6, 6.07) is 8.89. The van der Waals surface area contributed by atoms with Crippen LogP contribution in [0.15, 0.2) is 53.4 Å². The second-order valence-corrected chi connectivity index (χ2v) is 7.97. The number of sulfonamides is 1. The van der Waals surface area contributed by atoms with Crippen LogP contribution in [0.1, 0.15) is 5.56 Å². The minimum absolute atomic E-state index is 0.136. The van der Waals surface area contributed by atoms with Crippen LogP contribution in [0.4, 0.5) is 14.5 Å². The fourth-order valence-corrected chi connectivity index (χ4v) is 4.03. The summed E-state index contributed by atoms with van der Waals surface area (Å²) < 4.78 is 58.0. The summed E-state index contributed by atoms with van der Waals surface area (Å²) in [5, 5.41) is 2.30. The fraction of sp³-hybridized carbons (Fsp3) is 0.211. The number of anilines is 1. The molecule has 28 heavy (non-hydrogen) atoms. The van der Waals surface area contributed by atoms with Crippen LogP contribution in [0.25, 0.3) is 6.08 Å². The lowest BCUT2D eigenvalue weighted by atomic mass is 10.2. The van der Waals surface area contributed by atoms with Crippen molar-refractivity contribution in [2.24, 2.45) is 0 Å². The van der Waals surface area contributed by atoms with Crippen molar-refractivity contribution < 1.29 is 26.7 Å². The molecule has 3 rings (SSSR count). The van der Waals surface area contributed by atoms with Crippen LogP contribution >= 0.6 is 0 Å². The Balaban J connectivity index is 1.65. The topological polar surface area (TPSA) is 75.7 Å². The molecule has 1 saturated heterocycles. The van der Waals surface area contributed by atoms with Crippen molar-refractivity contribution in [3.63, 3.8) is 0 Å². The summed E-state index contributed by atoms with van der Waals surface area (Å²) in [6.07, 6.45) is 2.64. The Morgan fingerprint density at radius 1 is 1.07 bits per heavy atom. The second kappa shape index (κ2) is 8.59. The molecule has 0 unspecified atom stereocenters. The zero-order chi connectivity index (χ0) is 20.1. The number of carbonyl (C=O) groups is 1. The quantitative estimate of drug-likeness (QED) is 0.772. The summed E-state index contributed by atoms with van der Waals surface area (Å²) in [4.78, 5) is 12.0. The van der Waals surface area contributed by atoms with Gasteiger partial charge in [-0.05, 0) is 35.9 Å². The first kappa shape index (κ1) is 20.1. The molecule has 6 nitrogen and oxygen atoms in total. The lowest BCUT2D eigenvalue weighted by Crippen LogP contribution is -2.40. The Morgan fingerprint density at radius 3 is 2.39 bits per heavy atom. The third-order valence-corrected chi connectivity index (χ3v) is 6.02. The van der Waals surface area contributed by atoms with E-state index in [1.807, 2.05) is 0 Å². The number of carbonyl (C=O) groups excluding carboxylic acids is 1. The first-order valence-electron chi connectivity index (χ1n) is 8.48. The van der Waals surface area contributed by atoms with Gasteiger partial charge >= 0.3 is 0 Å². The minimum atomic E-state index is -3.58. The van der Waals surface area contributed by atoms with Gasteiger partial charge in [-0.3, -0.25) is 4.79 Å². The molecule has 0 aromatic heterocycles. The number of amides is 1. The van der Waals surface area contributed by atoms with Crippen LogP contribution in [-0.4, -0.2) is 44.9 Å². The molecule has 148 valence electrons. The van der Waals surface area contributed by atoms with Crippen LogP contribution in [0.3, 0.4) is 0 Å². The summed E-state index contributed by atoms with van der Waals surface area (Å²) in [6.45, 7) is 1.35. The number of ether oxygens (including phenoxy) is 1. The molecule has 0 spiro atoms. The molecule has 0 radical (unpaired) electrons. The predicted octanol–water partition coefficient (Wildman–Crippen LogP) is 2.64. The van der Waals surface area contributed by atoms with E-state index in [0.29, 0.717) is 37.9 Å². The van der Waals surface area contributed by atoms with Gasteiger partial charge in [-0.1, -0.05) is 12.1 Å². The van der Waals surface area contributed by atoms with E-state index in [1.165, 1.54) is 28.6 Å². The van der Waals surface area contributed by atoms with E-state index in [0.717, 1.165) is 12.1 Å². The van der Waals surface area contributed by atoms with Gasteiger partial charge in [0.2, 0.25) is 15.9 Å². The predicted molar refractivity (Wildman–Crippen MR) is 100 cm³/mol. The minimum Gasteiger partial charge on any atom is -0.379 e. The van der Waals surface area contributed by atoms with Crippen molar-refractivity contribution in [1.29, 1.82) is 0 Å². The molecule has 0 saturated carbocycles. The van der Waals surface area contributed by atoms with Crippen LogP contribution in [0, 0.1) is 11.6 Å². The molecule has 2 aromatic rings. The monoisotopic (exact) mass is 408 g/mol. The van der Waals surface area contributed by atoms with Crippen molar-refractivity contribution in [2.45, 2.75) is 4.90 Å². The van der Waals surface area contributed by atoms with Gasteiger partial charge in [0.1, 0.15) is 11.6 Å². The maximum Gasteiger partial charge on any atom is 0.248 e. The van der Waals surface area contributed by atoms with E-state index >= 15 is 0 Å². The highest BCUT2D eigenvalue weighted by Gasteiger charge is 2.25. The van der Waals surface area contributed by atoms with E-state index in [4.69, 9.17) is 4.74 Å². The van der Waals surface area contributed by atoms with Crippen molar-refractivity contribution in [3.05, 3.63) is 65.7 Å². The Kier molecular flexibility index (Phi) is 6.18. The molecule has 2 aromatic carbocycles. The number of benzene rings is 2. The zero-order valence-electron chi connectivity index (χ0n) is 14.8. The lowest BCUT2D eigenvalue weighted by Gasteiger charge is -2.26.